The number of hydrogen-bond acceptors (Lipinski definition) is 6. The van der Waals surface area contributed by atoms with Gasteiger partial charge in [-0.15, -0.1) is 0 Å². The van der Waals surface area contributed by atoms with Gasteiger partial charge in [0.15, 0.2) is 5.78 Å². The molecule has 0 bridgehead atoms. The fraction of sp³-hybridized carbons (Fsp3) is 0.429. The van der Waals surface area contributed by atoms with E-state index in [2.05, 4.69) is 5.32 Å². The highest BCUT2D eigenvalue weighted by Crippen LogP contribution is 2.23. The second-order valence-corrected chi connectivity index (χ2v) is 4.51. The number of rotatable bonds is 8. The number of ketones is 1. The summed E-state index contributed by atoms with van der Waals surface area (Å²) in [4.78, 5) is 23.0. The maximum atomic E-state index is 12.2. The molecule has 0 heterocycles. The van der Waals surface area contributed by atoms with Gasteiger partial charge in [-0.2, -0.15) is 0 Å². The molecule has 0 spiro atoms. The summed E-state index contributed by atoms with van der Waals surface area (Å²) in [5.74, 6) is -1.04. The minimum Gasteiger partial charge on any atom is -0.492 e. The van der Waals surface area contributed by atoms with E-state index in [1.54, 1.807) is 12.1 Å². The molecule has 0 radical (unpaired) electrons. The molecule has 2 unspecified atom stereocenters. The molecule has 0 aliphatic carbocycles. The summed E-state index contributed by atoms with van der Waals surface area (Å²) >= 11 is 0. The smallest absolute Gasteiger partial charge is 0.323 e. The maximum absolute atomic E-state index is 12.2. The van der Waals surface area contributed by atoms with Crippen LogP contribution in [0.5, 0.6) is 5.75 Å². The third kappa shape index (κ3) is 4.44. The monoisotopic (exact) mass is 296 g/mol. The topological polar surface area (TPSA) is 122 Å². The van der Waals surface area contributed by atoms with Crippen LogP contribution in [-0.4, -0.2) is 47.3 Å². The first-order chi connectivity index (χ1) is 9.90. The van der Waals surface area contributed by atoms with Crippen LogP contribution in [0.3, 0.4) is 0 Å². The predicted octanol–water partition coefficient (Wildman–Crippen LogP) is 0.274. The Balaban J connectivity index is 2.83. The molecule has 0 aromatic heterocycles. The molecule has 5 N–H and O–H groups in total. The van der Waals surface area contributed by atoms with Crippen LogP contribution < -0.4 is 15.8 Å². The van der Waals surface area contributed by atoms with Crippen LogP contribution in [0.15, 0.2) is 18.2 Å². The van der Waals surface area contributed by atoms with Crippen molar-refractivity contribution in [1.29, 1.82) is 0 Å². The Bertz CT molecular complexity index is 518. The molecule has 7 heteroatoms. The van der Waals surface area contributed by atoms with E-state index < -0.39 is 24.7 Å². The Kier molecular flexibility index (Phi) is 6.13. The molecule has 21 heavy (non-hydrogen) atoms. The zero-order chi connectivity index (χ0) is 16.0. The summed E-state index contributed by atoms with van der Waals surface area (Å²) in [5.41, 5.74) is 6.47. The van der Waals surface area contributed by atoms with Crippen molar-refractivity contribution in [2.45, 2.75) is 25.9 Å². The van der Waals surface area contributed by atoms with Gasteiger partial charge in [0.1, 0.15) is 11.8 Å². The normalized spacial score (nSPS) is 13.5. The number of nitrogen functional groups attached to an aromatic ring is 1. The first kappa shape index (κ1) is 16.9. The molecule has 0 saturated heterocycles. The van der Waals surface area contributed by atoms with E-state index in [0.717, 1.165) is 0 Å². The Morgan fingerprint density at radius 3 is 2.57 bits per heavy atom. The average molecular weight is 296 g/mol. The van der Waals surface area contributed by atoms with Crippen molar-refractivity contribution >= 4 is 17.4 Å². The molecule has 2 atom stereocenters. The van der Waals surface area contributed by atoms with E-state index in [-0.39, 0.29) is 5.78 Å². The molecule has 1 aromatic carbocycles. The number of carboxylic acids is 1. The molecular formula is C14H20N2O5. The lowest BCUT2D eigenvalue weighted by molar-refractivity contribution is -0.140. The maximum Gasteiger partial charge on any atom is 0.323 e. The zero-order valence-electron chi connectivity index (χ0n) is 12.0. The third-order valence-electron chi connectivity index (χ3n) is 2.92. The fourth-order valence-corrected chi connectivity index (χ4v) is 1.82. The number of nitrogens with two attached hydrogens (primary N) is 1. The molecule has 0 fully saturated rings. The Morgan fingerprint density at radius 2 is 2.10 bits per heavy atom. The second-order valence-electron chi connectivity index (χ2n) is 4.51. The molecule has 0 aliphatic heterocycles. The van der Waals surface area contributed by atoms with Gasteiger partial charge in [0, 0.05) is 5.56 Å². The highest BCUT2D eigenvalue weighted by molar-refractivity contribution is 6.01. The van der Waals surface area contributed by atoms with Crippen molar-refractivity contribution in [2.75, 3.05) is 18.9 Å². The van der Waals surface area contributed by atoms with E-state index >= 15 is 0 Å². The van der Waals surface area contributed by atoms with Crippen molar-refractivity contribution in [3.05, 3.63) is 23.8 Å². The molecule has 1 rings (SSSR count). The van der Waals surface area contributed by atoms with Crippen molar-refractivity contribution in [2.24, 2.45) is 0 Å². The largest absolute Gasteiger partial charge is 0.492 e. The Labute approximate surface area is 122 Å². The molecule has 1 aromatic rings. The molecule has 0 amide bonds. The first-order valence-electron chi connectivity index (χ1n) is 6.56. The SMILES string of the molecule is CCOc1ccc(C(=O)C(C)NC(CO)C(=O)O)cc1N. The fourth-order valence-electron chi connectivity index (χ4n) is 1.82. The van der Waals surface area contributed by atoms with Gasteiger partial charge in [-0.1, -0.05) is 0 Å². The van der Waals surface area contributed by atoms with Crippen molar-refractivity contribution in [3.8, 4) is 5.75 Å². The summed E-state index contributed by atoms with van der Waals surface area (Å²) in [6, 6.07) is 2.69. The van der Waals surface area contributed by atoms with Crippen molar-refractivity contribution < 1.29 is 24.5 Å². The van der Waals surface area contributed by atoms with Crippen molar-refractivity contribution in [1.82, 2.24) is 5.32 Å². The number of Topliss-reactive ketones (excluding diaryl/α,β-unsaturated/α-hetero) is 1. The Hall–Kier alpha value is -2.12. The van der Waals surface area contributed by atoms with Crippen LogP contribution in [0.1, 0.15) is 24.2 Å². The number of ether oxygens (including phenoxy) is 1. The van der Waals surface area contributed by atoms with E-state index in [1.807, 2.05) is 6.92 Å². The summed E-state index contributed by atoms with van der Waals surface area (Å²) in [6.07, 6.45) is 0. The van der Waals surface area contributed by atoms with Crippen LogP contribution >= 0.6 is 0 Å². The molecule has 116 valence electrons. The number of anilines is 1. The molecule has 7 nitrogen and oxygen atoms in total. The molecular weight excluding hydrogens is 276 g/mol. The number of aliphatic hydroxyl groups is 1. The number of nitrogens with one attached hydrogen (secondary N) is 1. The van der Waals surface area contributed by atoms with E-state index in [9.17, 15) is 9.59 Å². The predicted molar refractivity (Wildman–Crippen MR) is 77.5 cm³/mol. The van der Waals surface area contributed by atoms with Crippen LogP contribution in [0, 0.1) is 0 Å². The molecule has 0 saturated carbocycles. The summed E-state index contributed by atoms with van der Waals surface area (Å²) in [7, 11) is 0. The van der Waals surface area contributed by atoms with Gasteiger partial charge in [0.25, 0.3) is 0 Å². The lowest BCUT2D eigenvalue weighted by Crippen LogP contribution is -2.47. The number of aliphatic hydroxyl groups excluding tert-OH is 1. The van der Waals surface area contributed by atoms with Crippen molar-refractivity contribution in [3.63, 3.8) is 0 Å². The van der Waals surface area contributed by atoms with Crippen LogP contribution in [-0.2, 0) is 4.79 Å². The number of carboxylic acid groups (broad SMARTS) is 1. The quantitative estimate of drug-likeness (QED) is 0.401. The average Bonchev–Trinajstić information content (AvgIpc) is 2.45. The van der Waals surface area contributed by atoms with Crippen LogP contribution in [0.4, 0.5) is 5.69 Å². The van der Waals surface area contributed by atoms with E-state index in [0.29, 0.717) is 23.6 Å². The lowest BCUT2D eigenvalue weighted by atomic mass is 10.0. The van der Waals surface area contributed by atoms with Gasteiger partial charge >= 0.3 is 5.97 Å². The summed E-state index contributed by atoms with van der Waals surface area (Å²) < 4.78 is 5.28. The van der Waals surface area contributed by atoms with Gasteiger partial charge in [-0.25, -0.2) is 0 Å². The van der Waals surface area contributed by atoms with Crippen LogP contribution in [0.2, 0.25) is 0 Å². The minimum absolute atomic E-state index is 0.315. The standard InChI is InChI=1S/C14H20N2O5/c1-3-21-12-5-4-9(6-10(12)15)13(18)8(2)16-11(7-17)14(19)20/h4-6,8,11,16-17H,3,7,15H2,1-2H3,(H,19,20). The van der Waals surface area contributed by atoms with Gasteiger partial charge in [0.05, 0.1) is 24.9 Å². The second kappa shape index (κ2) is 7.61. The zero-order valence-corrected chi connectivity index (χ0v) is 12.0. The van der Waals surface area contributed by atoms with E-state index in [4.69, 9.17) is 20.7 Å². The minimum atomic E-state index is -1.22. The number of carbonyl (C=O) groups is 2. The van der Waals surface area contributed by atoms with Gasteiger partial charge < -0.3 is 20.7 Å². The number of hydrogen-bond donors (Lipinski definition) is 4. The van der Waals surface area contributed by atoms with Crippen LogP contribution in [0.25, 0.3) is 0 Å². The van der Waals surface area contributed by atoms with Gasteiger partial charge in [-0.05, 0) is 32.0 Å². The first-order valence-corrected chi connectivity index (χ1v) is 6.56. The third-order valence-corrected chi connectivity index (χ3v) is 2.92. The lowest BCUT2D eigenvalue weighted by Gasteiger charge is -2.18. The summed E-state index contributed by atoms with van der Waals surface area (Å²) in [6.45, 7) is 3.22. The summed E-state index contributed by atoms with van der Waals surface area (Å²) in [5, 5.41) is 20.3. The number of benzene rings is 1. The number of carbonyl (C=O) groups excluding carboxylic acids is 1. The highest BCUT2D eigenvalue weighted by atomic mass is 16.5. The van der Waals surface area contributed by atoms with E-state index in [1.165, 1.54) is 13.0 Å². The highest BCUT2D eigenvalue weighted by Gasteiger charge is 2.23. The Morgan fingerprint density at radius 1 is 1.43 bits per heavy atom. The van der Waals surface area contributed by atoms with Gasteiger partial charge in [-0.3, -0.25) is 14.9 Å². The number of aliphatic carboxylic acids is 1. The molecule has 0 aliphatic rings. The van der Waals surface area contributed by atoms with Gasteiger partial charge in [0.2, 0.25) is 0 Å².